The fourth-order valence-electron chi connectivity index (χ4n) is 3.84. The molecule has 0 radical (unpaired) electrons. The summed E-state index contributed by atoms with van der Waals surface area (Å²) >= 11 is 0. The van der Waals surface area contributed by atoms with E-state index in [1.807, 2.05) is 18.2 Å². The Morgan fingerprint density at radius 1 is 1.09 bits per heavy atom. The summed E-state index contributed by atoms with van der Waals surface area (Å²) in [6.45, 7) is 2.77. The lowest BCUT2D eigenvalue weighted by molar-refractivity contribution is 0.0961. The van der Waals surface area contributed by atoms with Crippen molar-refractivity contribution in [3.05, 3.63) is 71.7 Å². The number of morpholine rings is 1. The molecule has 3 aromatic rings. The molecule has 0 spiro atoms. The van der Waals surface area contributed by atoms with Gasteiger partial charge >= 0.3 is 0 Å². The minimum absolute atomic E-state index is 0.138. The quantitative estimate of drug-likeness (QED) is 0.532. The van der Waals surface area contributed by atoms with Crippen LogP contribution >= 0.6 is 0 Å². The van der Waals surface area contributed by atoms with Gasteiger partial charge in [0.15, 0.2) is 0 Å². The highest BCUT2D eigenvalue weighted by molar-refractivity contribution is 7.92. The molecular weight excluding hydrogens is 454 g/mol. The molecule has 4 rings (SSSR count). The summed E-state index contributed by atoms with van der Waals surface area (Å²) in [6, 6.07) is 14.7. The first kappa shape index (κ1) is 23.7. The smallest absolute Gasteiger partial charge is 0.253 e. The van der Waals surface area contributed by atoms with E-state index in [0.717, 1.165) is 41.9 Å². The summed E-state index contributed by atoms with van der Waals surface area (Å²) in [6.07, 6.45) is 3.28. The SMILES string of the molecule is CNC(=O)c1cc(Cc2nccc(-c3ccc(NS(C)(=O)=O)cc3)n2)ccc1N1CCOCC1. The normalized spacial score (nSPS) is 14.0. The van der Waals surface area contributed by atoms with E-state index < -0.39 is 10.0 Å². The first-order valence-corrected chi connectivity index (χ1v) is 12.8. The summed E-state index contributed by atoms with van der Waals surface area (Å²) < 4.78 is 30.7. The van der Waals surface area contributed by atoms with Crippen molar-refractivity contribution in [3.63, 3.8) is 0 Å². The molecule has 1 aliphatic heterocycles. The van der Waals surface area contributed by atoms with Crippen LogP contribution in [0.3, 0.4) is 0 Å². The van der Waals surface area contributed by atoms with Crippen LogP contribution in [0.15, 0.2) is 54.7 Å². The second kappa shape index (κ2) is 10.2. The Hall–Kier alpha value is -3.50. The van der Waals surface area contributed by atoms with Crippen molar-refractivity contribution in [1.29, 1.82) is 0 Å². The molecule has 10 heteroatoms. The molecule has 1 amide bonds. The Bertz CT molecular complexity index is 1270. The van der Waals surface area contributed by atoms with Gasteiger partial charge in [-0.2, -0.15) is 0 Å². The number of hydrogen-bond donors (Lipinski definition) is 2. The van der Waals surface area contributed by atoms with Crippen molar-refractivity contribution >= 4 is 27.3 Å². The molecule has 0 aliphatic carbocycles. The topological polar surface area (TPSA) is 114 Å². The van der Waals surface area contributed by atoms with Gasteiger partial charge in [0.05, 0.1) is 30.7 Å². The average Bonchev–Trinajstić information content (AvgIpc) is 2.84. The molecule has 2 N–H and O–H groups in total. The summed E-state index contributed by atoms with van der Waals surface area (Å²) in [5.41, 5.74) is 4.50. The molecule has 1 aromatic heterocycles. The van der Waals surface area contributed by atoms with Crippen molar-refractivity contribution in [2.75, 3.05) is 49.2 Å². The fraction of sp³-hybridized carbons (Fsp3) is 0.292. The minimum atomic E-state index is -3.33. The second-order valence-corrected chi connectivity index (χ2v) is 9.76. The van der Waals surface area contributed by atoms with E-state index in [2.05, 4.69) is 24.9 Å². The number of hydrogen-bond acceptors (Lipinski definition) is 7. The zero-order chi connectivity index (χ0) is 24.1. The molecule has 1 fully saturated rings. The van der Waals surface area contributed by atoms with Crippen LogP contribution in [-0.4, -0.2) is 63.9 Å². The number of benzene rings is 2. The highest BCUT2D eigenvalue weighted by Gasteiger charge is 2.19. The predicted octanol–water partition coefficient (Wildman–Crippen LogP) is 2.30. The molecule has 1 aliphatic rings. The number of sulfonamides is 1. The van der Waals surface area contributed by atoms with Gasteiger partial charge in [0, 0.05) is 49.7 Å². The summed E-state index contributed by atoms with van der Waals surface area (Å²) in [4.78, 5) is 23.8. The number of nitrogens with zero attached hydrogens (tertiary/aromatic N) is 3. The molecule has 34 heavy (non-hydrogen) atoms. The van der Waals surface area contributed by atoms with Gasteiger partial charge in [0.1, 0.15) is 5.82 Å². The highest BCUT2D eigenvalue weighted by atomic mass is 32.2. The zero-order valence-electron chi connectivity index (χ0n) is 19.1. The maximum atomic E-state index is 12.6. The van der Waals surface area contributed by atoms with Crippen LogP contribution in [0.25, 0.3) is 11.3 Å². The van der Waals surface area contributed by atoms with Crippen LogP contribution in [0.2, 0.25) is 0 Å². The van der Waals surface area contributed by atoms with Crippen LogP contribution in [-0.2, 0) is 21.2 Å². The molecule has 2 heterocycles. The largest absolute Gasteiger partial charge is 0.378 e. The number of nitrogens with one attached hydrogen (secondary N) is 2. The van der Waals surface area contributed by atoms with Crippen LogP contribution < -0.4 is 14.9 Å². The molecule has 1 saturated heterocycles. The van der Waals surface area contributed by atoms with Gasteiger partial charge in [0.2, 0.25) is 10.0 Å². The van der Waals surface area contributed by atoms with Gasteiger partial charge in [-0.25, -0.2) is 18.4 Å². The maximum Gasteiger partial charge on any atom is 0.253 e. The van der Waals surface area contributed by atoms with E-state index in [0.29, 0.717) is 36.7 Å². The number of ether oxygens (including phenoxy) is 1. The van der Waals surface area contributed by atoms with E-state index in [4.69, 9.17) is 4.74 Å². The van der Waals surface area contributed by atoms with Crippen molar-refractivity contribution in [3.8, 4) is 11.3 Å². The second-order valence-electron chi connectivity index (χ2n) is 8.02. The molecule has 9 nitrogen and oxygen atoms in total. The average molecular weight is 482 g/mol. The van der Waals surface area contributed by atoms with Crippen molar-refractivity contribution in [2.24, 2.45) is 0 Å². The Kier molecular flexibility index (Phi) is 7.09. The molecule has 0 bridgehead atoms. The Balaban J connectivity index is 1.56. The molecule has 0 atom stereocenters. The maximum absolute atomic E-state index is 12.6. The van der Waals surface area contributed by atoms with Gasteiger partial charge in [-0.3, -0.25) is 9.52 Å². The highest BCUT2D eigenvalue weighted by Crippen LogP contribution is 2.25. The number of amides is 1. The molecule has 0 saturated carbocycles. The van der Waals surface area contributed by atoms with E-state index in [1.165, 1.54) is 0 Å². The summed E-state index contributed by atoms with van der Waals surface area (Å²) in [5.74, 6) is 0.485. The molecule has 0 unspecified atom stereocenters. The summed E-state index contributed by atoms with van der Waals surface area (Å²) in [7, 11) is -1.71. The van der Waals surface area contributed by atoms with Gasteiger partial charge in [0.25, 0.3) is 5.91 Å². The van der Waals surface area contributed by atoms with Crippen LogP contribution in [0.4, 0.5) is 11.4 Å². The van der Waals surface area contributed by atoms with Crippen LogP contribution in [0, 0.1) is 0 Å². The Morgan fingerprint density at radius 2 is 1.82 bits per heavy atom. The molecular formula is C24H27N5O4S. The van der Waals surface area contributed by atoms with Crippen molar-refractivity contribution < 1.29 is 17.9 Å². The molecule has 178 valence electrons. The predicted molar refractivity (Wildman–Crippen MR) is 132 cm³/mol. The standard InChI is InChI=1S/C24H27N5O4S/c1-25-24(30)20-15-17(3-8-22(20)29-11-13-33-14-12-29)16-23-26-10-9-21(27-23)18-4-6-19(7-5-18)28-34(2,31)32/h3-10,15,28H,11-14,16H2,1-2H3,(H,25,30). The molecule has 2 aromatic carbocycles. The number of anilines is 2. The lowest BCUT2D eigenvalue weighted by atomic mass is 10.0. The van der Waals surface area contributed by atoms with Gasteiger partial charge < -0.3 is 15.0 Å². The summed E-state index contributed by atoms with van der Waals surface area (Å²) in [5, 5.41) is 2.73. The van der Waals surface area contributed by atoms with E-state index in [1.54, 1.807) is 43.6 Å². The third-order valence-electron chi connectivity index (χ3n) is 5.44. The first-order valence-electron chi connectivity index (χ1n) is 10.9. The Morgan fingerprint density at radius 3 is 2.50 bits per heavy atom. The monoisotopic (exact) mass is 481 g/mol. The zero-order valence-corrected chi connectivity index (χ0v) is 19.9. The first-order chi connectivity index (χ1) is 16.3. The van der Waals surface area contributed by atoms with E-state index in [-0.39, 0.29) is 5.91 Å². The van der Waals surface area contributed by atoms with Gasteiger partial charge in [-0.15, -0.1) is 0 Å². The minimum Gasteiger partial charge on any atom is -0.378 e. The van der Waals surface area contributed by atoms with Gasteiger partial charge in [-0.1, -0.05) is 18.2 Å². The van der Waals surface area contributed by atoms with Crippen LogP contribution in [0.5, 0.6) is 0 Å². The van der Waals surface area contributed by atoms with Crippen molar-refractivity contribution in [1.82, 2.24) is 15.3 Å². The Labute approximate surface area is 199 Å². The third kappa shape index (κ3) is 5.89. The lowest BCUT2D eigenvalue weighted by Gasteiger charge is -2.30. The lowest BCUT2D eigenvalue weighted by Crippen LogP contribution is -2.37. The fourth-order valence-corrected chi connectivity index (χ4v) is 4.40. The third-order valence-corrected chi connectivity index (χ3v) is 6.04. The van der Waals surface area contributed by atoms with Crippen LogP contribution in [0.1, 0.15) is 21.7 Å². The van der Waals surface area contributed by atoms with E-state index in [9.17, 15) is 13.2 Å². The number of aromatic nitrogens is 2. The van der Waals surface area contributed by atoms with Crippen molar-refractivity contribution in [2.45, 2.75) is 6.42 Å². The number of rotatable bonds is 7. The number of carbonyl (C=O) groups is 1. The van der Waals surface area contributed by atoms with Gasteiger partial charge in [-0.05, 0) is 35.9 Å². The van der Waals surface area contributed by atoms with E-state index >= 15 is 0 Å². The number of carbonyl (C=O) groups excluding carboxylic acids is 1.